The maximum atomic E-state index is 11.8. The second kappa shape index (κ2) is 3.63. The molecule has 4 nitrogen and oxygen atoms in total. The van der Waals surface area contributed by atoms with Crippen molar-refractivity contribution in [3.8, 4) is 17.4 Å². The van der Waals surface area contributed by atoms with Crippen molar-refractivity contribution in [3.05, 3.63) is 45.6 Å². The van der Waals surface area contributed by atoms with Crippen LogP contribution >= 0.6 is 0 Å². The van der Waals surface area contributed by atoms with Crippen LogP contribution in [0.1, 0.15) is 23.2 Å². The maximum absolute atomic E-state index is 11.8. The summed E-state index contributed by atoms with van der Waals surface area (Å²) >= 11 is 0. The average Bonchev–Trinajstić information content (AvgIpc) is 2.97. The third-order valence-electron chi connectivity index (χ3n) is 3.14. The number of nitrogens with one attached hydrogen (secondary N) is 1. The van der Waals surface area contributed by atoms with E-state index in [-0.39, 0.29) is 11.1 Å². The number of nitrogens with zero attached hydrogens (tertiary/aromatic N) is 1. The van der Waals surface area contributed by atoms with Crippen LogP contribution in [0.4, 0.5) is 0 Å². The molecule has 1 aliphatic carbocycles. The molecule has 0 spiro atoms. The number of H-pyrrole nitrogens is 1. The number of aryl methyl sites for hydroxylation is 1. The molecule has 0 saturated carbocycles. The van der Waals surface area contributed by atoms with Crippen LogP contribution in [0.15, 0.2) is 27.6 Å². The first-order valence-corrected chi connectivity index (χ1v) is 5.53. The fraction of sp³-hybridized carbons (Fsp3) is 0.231. The molecule has 0 saturated heterocycles. The van der Waals surface area contributed by atoms with Crippen molar-refractivity contribution in [3.63, 3.8) is 0 Å². The zero-order chi connectivity index (χ0) is 11.8. The molecule has 1 aliphatic rings. The molecular weight excluding hydrogens is 216 g/mol. The van der Waals surface area contributed by atoms with Gasteiger partial charge < -0.3 is 9.40 Å². The molecule has 0 fully saturated rings. The standard InChI is InChI=1S/C13H10N2O2/c14-7-9-12(11-5-2-6-17-11)8-3-1-4-10(8)15-13(9)16/h2,5-6H,1,3-4H2,(H,15,16). The summed E-state index contributed by atoms with van der Waals surface area (Å²) in [5.41, 5.74) is 2.51. The number of pyridine rings is 1. The molecule has 2 aromatic heterocycles. The molecule has 0 bridgehead atoms. The molecule has 17 heavy (non-hydrogen) atoms. The fourth-order valence-electron chi connectivity index (χ4n) is 2.42. The van der Waals surface area contributed by atoms with Gasteiger partial charge in [-0.25, -0.2) is 0 Å². The quantitative estimate of drug-likeness (QED) is 0.808. The number of furan rings is 1. The molecule has 2 aromatic rings. The van der Waals surface area contributed by atoms with Crippen LogP contribution in [0.2, 0.25) is 0 Å². The summed E-state index contributed by atoms with van der Waals surface area (Å²) < 4.78 is 5.34. The third-order valence-corrected chi connectivity index (χ3v) is 3.14. The molecule has 0 amide bonds. The van der Waals surface area contributed by atoms with Crippen molar-refractivity contribution in [1.82, 2.24) is 4.98 Å². The molecule has 0 radical (unpaired) electrons. The van der Waals surface area contributed by atoms with Gasteiger partial charge in [0, 0.05) is 11.3 Å². The van der Waals surface area contributed by atoms with Gasteiger partial charge >= 0.3 is 0 Å². The lowest BCUT2D eigenvalue weighted by Gasteiger charge is -2.07. The van der Waals surface area contributed by atoms with Crippen LogP contribution in [0.25, 0.3) is 11.3 Å². The first-order chi connectivity index (χ1) is 8.31. The number of aromatic amines is 1. The van der Waals surface area contributed by atoms with E-state index in [9.17, 15) is 4.79 Å². The molecule has 4 heteroatoms. The molecule has 0 unspecified atom stereocenters. The first-order valence-electron chi connectivity index (χ1n) is 5.53. The Kier molecular flexibility index (Phi) is 2.12. The smallest absolute Gasteiger partial charge is 0.266 e. The Hall–Kier alpha value is -2.28. The third kappa shape index (κ3) is 1.40. The number of hydrogen-bond acceptors (Lipinski definition) is 3. The van der Waals surface area contributed by atoms with Crippen LogP contribution in [-0.4, -0.2) is 4.98 Å². The zero-order valence-electron chi connectivity index (χ0n) is 9.12. The molecule has 0 aromatic carbocycles. The van der Waals surface area contributed by atoms with Gasteiger partial charge in [-0.2, -0.15) is 5.26 Å². The largest absolute Gasteiger partial charge is 0.464 e. The SMILES string of the molecule is N#Cc1c(-c2ccco2)c2c([nH]c1=O)CCC2. The summed E-state index contributed by atoms with van der Waals surface area (Å²) in [6, 6.07) is 5.53. The number of aromatic nitrogens is 1. The summed E-state index contributed by atoms with van der Waals surface area (Å²) in [5, 5.41) is 9.12. The summed E-state index contributed by atoms with van der Waals surface area (Å²) in [5.74, 6) is 0.603. The van der Waals surface area contributed by atoms with Crippen molar-refractivity contribution < 1.29 is 4.42 Å². The van der Waals surface area contributed by atoms with Crippen LogP contribution in [0.3, 0.4) is 0 Å². The average molecular weight is 226 g/mol. The lowest BCUT2D eigenvalue weighted by atomic mass is 10.0. The van der Waals surface area contributed by atoms with Gasteiger partial charge in [0.05, 0.1) is 6.26 Å². The van der Waals surface area contributed by atoms with Gasteiger partial charge in [0.2, 0.25) is 0 Å². The Balaban J connectivity index is 2.40. The van der Waals surface area contributed by atoms with E-state index in [1.165, 1.54) is 0 Å². The second-order valence-electron chi connectivity index (χ2n) is 4.10. The van der Waals surface area contributed by atoms with Crippen molar-refractivity contribution in [2.45, 2.75) is 19.3 Å². The van der Waals surface area contributed by atoms with E-state index in [4.69, 9.17) is 9.68 Å². The minimum absolute atomic E-state index is 0.153. The molecule has 0 aliphatic heterocycles. The highest BCUT2D eigenvalue weighted by molar-refractivity contribution is 5.70. The lowest BCUT2D eigenvalue weighted by molar-refractivity contribution is 0.581. The van der Waals surface area contributed by atoms with Gasteiger partial charge in [-0.1, -0.05) is 0 Å². The van der Waals surface area contributed by atoms with E-state index < -0.39 is 0 Å². The van der Waals surface area contributed by atoms with E-state index in [1.807, 2.05) is 6.07 Å². The number of fused-ring (bicyclic) bond motifs is 1. The molecule has 84 valence electrons. The molecule has 1 N–H and O–H groups in total. The van der Waals surface area contributed by atoms with E-state index in [2.05, 4.69) is 4.98 Å². The highest BCUT2D eigenvalue weighted by Gasteiger charge is 2.23. The molecular formula is C13H10N2O2. The minimum atomic E-state index is -0.320. The zero-order valence-corrected chi connectivity index (χ0v) is 9.12. The molecule has 2 heterocycles. The predicted octanol–water partition coefficient (Wildman–Crippen LogP) is 2.00. The topological polar surface area (TPSA) is 69.8 Å². The summed E-state index contributed by atoms with van der Waals surface area (Å²) in [4.78, 5) is 14.6. The normalized spacial score (nSPS) is 13.4. The van der Waals surface area contributed by atoms with E-state index in [0.29, 0.717) is 11.3 Å². The van der Waals surface area contributed by atoms with E-state index in [0.717, 1.165) is 30.5 Å². The number of rotatable bonds is 1. The van der Waals surface area contributed by atoms with Gasteiger partial charge in [-0.05, 0) is 37.0 Å². The maximum Gasteiger partial charge on any atom is 0.266 e. The van der Waals surface area contributed by atoms with Crippen molar-refractivity contribution in [2.75, 3.05) is 0 Å². The second-order valence-corrected chi connectivity index (χ2v) is 4.10. The molecule has 3 rings (SSSR count). The predicted molar refractivity (Wildman–Crippen MR) is 61.5 cm³/mol. The highest BCUT2D eigenvalue weighted by Crippen LogP contribution is 2.32. The van der Waals surface area contributed by atoms with Gasteiger partial charge in [0.1, 0.15) is 17.4 Å². The van der Waals surface area contributed by atoms with Crippen molar-refractivity contribution in [2.24, 2.45) is 0 Å². The Morgan fingerprint density at radius 1 is 1.41 bits per heavy atom. The highest BCUT2D eigenvalue weighted by atomic mass is 16.3. The fourth-order valence-corrected chi connectivity index (χ4v) is 2.42. The van der Waals surface area contributed by atoms with Crippen LogP contribution in [0.5, 0.6) is 0 Å². The van der Waals surface area contributed by atoms with Crippen molar-refractivity contribution >= 4 is 0 Å². The monoisotopic (exact) mass is 226 g/mol. The first kappa shape index (κ1) is 9.91. The van der Waals surface area contributed by atoms with Gasteiger partial charge in [0.25, 0.3) is 5.56 Å². The van der Waals surface area contributed by atoms with Crippen molar-refractivity contribution in [1.29, 1.82) is 5.26 Å². The van der Waals surface area contributed by atoms with E-state index >= 15 is 0 Å². The Morgan fingerprint density at radius 2 is 2.29 bits per heavy atom. The Bertz CT molecular complexity index is 660. The molecule has 0 atom stereocenters. The Labute approximate surface area is 97.5 Å². The van der Waals surface area contributed by atoms with Gasteiger partial charge in [-0.15, -0.1) is 0 Å². The summed E-state index contributed by atoms with van der Waals surface area (Å²) in [6.07, 6.45) is 4.31. The van der Waals surface area contributed by atoms with Crippen LogP contribution in [-0.2, 0) is 12.8 Å². The number of hydrogen-bond donors (Lipinski definition) is 1. The van der Waals surface area contributed by atoms with Crippen LogP contribution < -0.4 is 5.56 Å². The van der Waals surface area contributed by atoms with Gasteiger partial charge in [-0.3, -0.25) is 4.79 Å². The van der Waals surface area contributed by atoms with E-state index in [1.54, 1.807) is 18.4 Å². The summed E-state index contributed by atoms with van der Waals surface area (Å²) in [6.45, 7) is 0. The summed E-state index contributed by atoms with van der Waals surface area (Å²) in [7, 11) is 0. The Morgan fingerprint density at radius 3 is 3.00 bits per heavy atom. The lowest BCUT2D eigenvalue weighted by Crippen LogP contribution is -2.15. The van der Waals surface area contributed by atoms with Crippen LogP contribution in [0, 0.1) is 11.3 Å². The minimum Gasteiger partial charge on any atom is -0.464 e. The number of nitriles is 1. The van der Waals surface area contributed by atoms with Gasteiger partial charge in [0.15, 0.2) is 0 Å².